The van der Waals surface area contributed by atoms with Crippen molar-refractivity contribution < 1.29 is 5.11 Å². The third-order valence-corrected chi connectivity index (χ3v) is 1.79. The Balaban J connectivity index is 2.48. The van der Waals surface area contributed by atoms with Gasteiger partial charge in [0.1, 0.15) is 0 Å². The Morgan fingerprint density at radius 1 is 1.58 bits per heavy atom. The molecule has 3 N–H and O–H groups in total. The van der Waals surface area contributed by atoms with Crippen molar-refractivity contribution >= 4 is 0 Å². The molecule has 12 heavy (non-hydrogen) atoms. The second kappa shape index (κ2) is 4.85. The second-order valence-corrected chi connectivity index (χ2v) is 2.76. The Morgan fingerprint density at radius 3 is 3.00 bits per heavy atom. The summed E-state index contributed by atoms with van der Waals surface area (Å²) in [6, 6.07) is 3.83. The van der Waals surface area contributed by atoms with Crippen molar-refractivity contribution in [1.29, 1.82) is 0 Å². The van der Waals surface area contributed by atoms with Gasteiger partial charge in [-0.1, -0.05) is 6.07 Å². The third-order valence-electron chi connectivity index (χ3n) is 1.79. The summed E-state index contributed by atoms with van der Waals surface area (Å²) in [5.74, 6) is 0. The fourth-order valence-electron chi connectivity index (χ4n) is 1.07. The maximum absolute atomic E-state index is 8.59. The molecule has 0 saturated carbocycles. The summed E-state index contributed by atoms with van der Waals surface area (Å²) in [5, 5.41) is 8.59. The van der Waals surface area contributed by atoms with Gasteiger partial charge in [0.25, 0.3) is 0 Å². The van der Waals surface area contributed by atoms with Crippen molar-refractivity contribution in [3.05, 3.63) is 30.1 Å². The predicted octanol–water partition coefficient (Wildman–Crippen LogP) is 0.854. The molecule has 0 aliphatic carbocycles. The van der Waals surface area contributed by atoms with E-state index in [0.717, 1.165) is 18.4 Å². The SMILES string of the molecule is N[C@H](CCCO)c1cccnc1. The third kappa shape index (κ3) is 2.60. The molecule has 3 heteroatoms. The van der Waals surface area contributed by atoms with E-state index in [1.165, 1.54) is 0 Å². The molecule has 0 bridgehead atoms. The number of pyridine rings is 1. The summed E-state index contributed by atoms with van der Waals surface area (Å²) in [4.78, 5) is 3.97. The Bertz CT molecular complexity index is 213. The van der Waals surface area contributed by atoms with Crippen LogP contribution in [0.25, 0.3) is 0 Å². The second-order valence-electron chi connectivity index (χ2n) is 2.76. The van der Waals surface area contributed by atoms with Gasteiger partial charge in [0.15, 0.2) is 0 Å². The summed E-state index contributed by atoms with van der Waals surface area (Å²) >= 11 is 0. The monoisotopic (exact) mass is 166 g/mol. The van der Waals surface area contributed by atoms with Crippen molar-refractivity contribution in [3.63, 3.8) is 0 Å². The number of rotatable bonds is 4. The highest BCUT2D eigenvalue weighted by Gasteiger charge is 2.03. The fraction of sp³-hybridized carbons (Fsp3) is 0.444. The molecule has 0 unspecified atom stereocenters. The highest BCUT2D eigenvalue weighted by molar-refractivity contribution is 5.12. The number of aromatic nitrogens is 1. The Hall–Kier alpha value is -0.930. The zero-order chi connectivity index (χ0) is 8.81. The molecule has 0 radical (unpaired) electrons. The smallest absolute Gasteiger partial charge is 0.0431 e. The molecule has 66 valence electrons. The van der Waals surface area contributed by atoms with Crippen LogP contribution in [0.2, 0.25) is 0 Å². The van der Waals surface area contributed by atoms with E-state index in [0.29, 0.717) is 0 Å². The normalized spacial score (nSPS) is 12.8. The first-order chi connectivity index (χ1) is 5.84. The number of hydrogen-bond acceptors (Lipinski definition) is 3. The lowest BCUT2D eigenvalue weighted by atomic mass is 10.1. The Labute approximate surface area is 72.2 Å². The average Bonchev–Trinajstić information content (AvgIpc) is 2.15. The van der Waals surface area contributed by atoms with E-state index >= 15 is 0 Å². The van der Waals surface area contributed by atoms with Gasteiger partial charge >= 0.3 is 0 Å². The van der Waals surface area contributed by atoms with Crippen molar-refractivity contribution in [3.8, 4) is 0 Å². The van der Waals surface area contributed by atoms with E-state index in [1.807, 2.05) is 12.1 Å². The van der Waals surface area contributed by atoms with Crippen LogP contribution in [0, 0.1) is 0 Å². The van der Waals surface area contributed by atoms with Gasteiger partial charge in [0.2, 0.25) is 0 Å². The molecule has 0 aromatic carbocycles. The summed E-state index contributed by atoms with van der Waals surface area (Å²) in [6.45, 7) is 0.202. The number of hydrogen-bond donors (Lipinski definition) is 2. The first-order valence-electron chi connectivity index (χ1n) is 4.11. The average molecular weight is 166 g/mol. The number of aliphatic hydroxyl groups excluding tert-OH is 1. The fourth-order valence-corrected chi connectivity index (χ4v) is 1.07. The minimum absolute atomic E-state index is 0.00542. The van der Waals surface area contributed by atoms with Crippen LogP contribution in [0.15, 0.2) is 24.5 Å². The molecule has 3 nitrogen and oxygen atoms in total. The minimum atomic E-state index is 0.00542. The lowest BCUT2D eigenvalue weighted by Crippen LogP contribution is -2.10. The molecule has 0 fully saturated rings. The Kier molecular flexibility index (Phi) is 3.70. The van der Waals surface area contributed by atoms with Gasteiger partial charge in [0.05, 0.1) is 0 Å². The molecule has 1 aromatic heterocycles. The van der Waals surface area contributed by atoms with Crippen LogP contribution in [0.4, 0.5) is 0 Å². The molecule has 0 aliphatic rings. The zero-order valence-corrected chi connectivity index (χ0v) is 6.98. The standard InChI is InChI=1S/C9H14N2O/c10-9(4-2-6-12)8-3-1-5-11-7-8/h1,3,5,7,9,12H,2,4,6,10H2/t9-/m1/s1. The molecule has 0 spiro atoms. The largest absolute Gasteiger partial charge is 0.396 e. The molecule has 1 heterocycles. The highest BCUT2D eigenvalue weighted by atomic mass is 16.2. The Morgan fingerprint density at radius 2 is 2.42 bits per heavy atom. The summed E-state index contributed by atoms with van der Waals surface area (Å²) in [5.41, 5.74) is 6.86. The molecule has 1 rings (SSSR count). The van der Waals surface area contributed by atoms with Gasteiger partial charge in [-0.3, -0.25) is 4.98 Å². The number of nitrogens with zero attached hydrogens (tertiary/aromatic N) is 1. The van der Waals surface area contributed by atoms with Crippen molar-refractivity contribution in [1.82, 2.24) is 4.98 Å². The molecular weight excluding hydrogens is 152 g/mol. The maximum atomic E-state index is 8.59. The summed E-state index contributed by atoms with van der Waals surface area (Å²) < 4.78 is 0. The lowest BCUT2D eigenvalue weighted by molar-refractivity contribution is 0.280. The van der Waals surface area contributed by atoms with Crippen LogP contribution in [-0.4, -0.2) is 16.7 Å². The molecular formula is C9H14N2O. The van der Waals surface area contributed by atoms with Crippen molar-refractivity contribution in [2.75, 3.05) is 6.61 Å². The molecule has 0 amide bonds. The van der Waals surface area contributed by atoms with E-state index in [9.17, 15) is 0 Å². The number of nitrogens with two attached hydrogens (primary N) is 1. The van der Waals surface area contributed by atoms with Gasteiger partial charge in [0, 0.05) is 25.0 Å². The van der Waals surface area contributed by atoms with E-state index in [4.69, 9.17) is 10.8 Å². The quantitative estimate of drug-likeness (QED) is 0.697. The van der Waals surface area contributed by atoms with E-state index in [-0.39, 0.29) is 12.6 Å². The van der Waals surface area contributed by atoms with Crippen molar-refractivity contribution in [2.24, 2.45) is 5.73 Å². The van der Waals surface area contributed by atoms with E-state index < -0.39 is 0 Å². The van der Waals surface area contributed by atoms with Crippen LogP contribution in [0.3, 0.4) is 0 Å². The molecule has 0 saturated heterocycles. The number of aliphatic hydroxyl groups is 1. The van der Waals surface area contributed by atoms with Crippen molar-refractivity contribution in [2.45, 2.75) is 18.9 Å². The van der Waals surface area contributed by atoms with Gasteiger partial charge in [-0.15, -0.1) is 0 Å². The van der Waals surface area contributed by atoms with E-state index in [2.05, 4.69) is 4.98 Å². The van der Waals surface area contributed by atoms with Gasteiger partial charge < -0.3 is 10.8 Å². The summed E-state index contributed by atoms with van der Waals surface area (Å²) in [6.07, 6.45) is 5.04. The van der Waals surface area contributed by atoms with Crippen LogP contribution in [0.1, 0.15) is 24.4 Å². The van der Waals surface area contributed by atoms with Gasteiger partial charge in [-0.25, -0.2) is 0 Å². The maximum Gasteiger partial charge on any atom is 0.0431 e. The van der Waals surface area contributed by atoms with Crippen LogP contribution in [0.5, 0.6) is 0 Å². The van der Waals surface area contributed by atoms with Crippen LogP contribution >= 0.6 is 0 Å². The van der Waals surface area contributed by atoms with Gasteiger partial charge in [-0.05, 0) is 24.5 Å². The van der Waals surface area contributed by atoms with Crippen LogP contribution in [-0.2, 0) is 0 Å². The van der Waals surface area contributed by atoms with Crippen LogP contribution < -0.4 is 5.73 Å². The summed E-state index contributed by atoms with van der Waals surface area (Å²) in [7, 11) is 0. The first-order valence-corrected chi connectivity index (χ1v) is 4.11. The van der Waals surface area contributed by atoms with Gasteiger partial charge in [-0.2, -0.15) is 0 Å². The molecule has 1 atom stereocenters. The highest BCUT2D eigenvalue weighted by Crippen LogP contribution is 2.13. The molecule has 1 aromatic rings. The molecule has 0 aliphatic heterocycles. The first kappa shape index (κ1) is 9.16. The predicted molar refractivity (Wildman–Crippen MR) is 47.5 cm³/mol. The topological polar surface area (TPSA) is 59.1 Å². The minimum Gasteiger partial charge on any atom is -0.396 e. The van der Waals surface area contributed by atoms with E-state index in [1.54, 1.807) is 12.4 Å². The zero-order valence-electron chi connectivity index (χ0n) is 6.98. The lowest BCUT2D eigenvalue weighted by Gasteiger charge is -2.09.